The van der Waals surface area contributed by atoms with Crippen LogP contribution in [-0.2, 0) is 11.2 Å². The van der Waals surface area contributed by atoms with Crippen LogP contribution in [0.4, 0.5) is 4.79 Å². The van der Waals surface area contributed by atoms with Crippen LogP contribution in [0.3, 0.4) is 0 Å². The Bertz CT molecular complexity index is 1300. The first-order valence-corrected chi connectivity index (χ1v) is 13.7. The average molecular weight is 566 g/mol. The summed E-state index contributed by atoms with van der Waals surface area (Å²) < 4.78 is 5.74. The van der Waals surface area contributed by atoms with E-state index in [4.69, 9.17) is 16.3 Å². The molecule has 4 atom stereocenters. The van der Waals surface area contributed by atoms with E-state index >= 15 is 0 Å². The second kappa shape index (κ2) is 12.3. The topological polar surface area (TPSA) is 109 Å². The summed E-state index contributed by atoms with van der Waals surface area (Å²) in [6, 6.07) is 9.88. The monoisotopic (exact) mass is 565 g/mol. The Morgan fingerprint density at radius 2 is 1.82 bits per heavy atom. The molecule has 1 fully saturated rings. The lowest BCUT2D eigenvalue weighted by Crippen LogP contribution is -2.47. The predicted octanol–water partition coefficient (Wildman–Crippen LogP) is 5.40. The summed E-state index contributed by atoms with van der Waals surface area (Å²) >= 11 is 5.93. The van der Waals surface area contributed by atoms with Crippen LogP contribution in [0.5, 0.6) is 0 Å². The molecule has 9 nitrogen and oxygen atoms in total. The number of likely N-dealkylation sites (tertiary alicyclic amines) is 1. The standard InChI is InChI=1S/C30H36ClN5O4/c1-19(24-18-32-14-15-33-24)35(5)28(38)21-8-6-20(7-9-21)16-23-11-12-25(36(23)29(39)40-30(2,3)4)27(37)22-10-13-26(31)34-17-22/h6-10,13-15,17-19,23,25,27,37H,11-12,16H2,1-5H3. The van der Waals surface area contributed by atoms with Crippen LogP contribution < -0.4 is 0 Å². The average Bonchev–Trinajstić information content (AvgIpc) is 3.35. The molecular weight excluding hydrogens is 530 g/mol. The molecule has 212 valence electrons. The van der Waals surface area contributed by atoms with Crippen LogP contribution in [0.15, 0.2) is 61.2 Å². The van der Waals surface area contributed by atoms with Gasteiger partial charge in [0.15, 0.2) is 0 Å². The van der Waals surface area contributed by atoms with Gasteiger partial charge in [0.05, 0.1) is 24.0 Å². The minimum absolute atomic E-state index is 0.124. The maximum atomic E-state index is 13.4. The van der Waals surface area contributed by atoms with Gasteiger partial charge >= 0.3 is 6.09 Å². The maximum Gasteiger partial charge on any atom is 0.410 e. The highest BCUT2D eigenvalue weighted by atomic mass is 35.5. The highest BCUT2D eigenvalue weighted by Crippen LogP contribution is 2.36. The van der Waals surface area contributed by atoms with Gasteiger partial charge in [0, 0.05) is 42.8 Å². The van der Waals surface area contributed by atoms with E-state index in [1.54, 1.807) is 59.7 Å². The Kier molecular flexibility index (Phi) is 9.05. The van der Waals surface area contributed by atoms with E-state index < -0.39 is 23.8 Å². The number of hydrogen-bond donors (Lipinski definition) is 1. The zero-order valence-electron chi connectivity index (χ0n) is 23.5. The lowest BCUT2D eigenvalue weighted by Gasteiger charge is -2.34. The Balaban J connectivity index is 1.49. The van der Waals surface area contributed by atoms with Crippen molar-refractivity contribution in [1.29, 1.82) is 0 Å². The number of pyridine rings is 1. The van der Waals surface area contributed by atoms with Crippen LogP contribution in [0, 0.1) is 0 Å². The van der Waals surface area contributed by atoms with Gasteiger partial charge in [0.25, 0.3) is 5.91 Å². The minimum Gasteiger partial charge on any atom is -0.444 e. The number of ether oxygens (including phenoxy) is 1. The first kappa shape index (κ1) is 29.4. The van der Waals surface area contributed by atoms with Gasteiger partial charge in [-0.25, -0.2) is 9.78 Å². The van der Waals surface area contributed by atoms with Crippen molar-refractivity contribution in [2.75, 3.05) is 7.05 Å². The highest BCUT2D eigenvalue weighted by molar-refractivity contribution is 6.29. The number of nitrogens with zero attached hydrogens (tertiary/aromatic N) is 5. The Morgan fingerprint density at radius 3 is 2.42 bits per heavy atom. The molecule has 0 radical (unpaired) electrons. The molecule has 1 aromatic carbocycles. The molecule has 0 bridgehead atoms. The van der Waals surface area contributed by atoms with Crippen molar-refractivity contribution in [3.8, 4) is 0 Å². The summed E-state index contributed by atoms with van der Waals surface area (Å²) in [5, 5.41) is 11.5. The number of aromatic nitrogens is 3. The third kappa shape index (κ3) is 6.95. The van der Waals surface area contributed by atoms with Crippen molar-refractivity contribution in [3.05, 3.63) is 88.7 Å². The molecule has 0 spiro atoms. The van der Waals surface area contributed by atoms with Crippen LogP contribution in [0.25, 0.3) is 0 Å². The fourth-order valence-corrected chi connectivity index (χ4v) is 5.08. The van der Waals surface area contributed by atoms with E-state index in [1.807, 2.05) is 39.8 Å². The van der Waals surface area contributed by atoms with Crippen molar-refractivity contribution in [3.63, 3.8) is 0 Å². The zero-order valence-corrected chi connectivity index (χ0v) is 24.2. The predicted molar refractivity (Wildman–Crippen MR) is 152 cm³/mol. The number of aliphatic hydroxyl groups is 1. The van der Waals surface area contributed by atoms with E-state index in [-0.39, 0.29) is 18.0 Å². The van der Waals surface area contributed by atoms with Crippen LogP contribution in [0.1, 0.15) is 79.9 Å². The van der Waals surface area contributed by atoms with Gasteiger partial charge in [-0.05, 0) is 70.7 Å². The Morgan fingerprint density at radius 1 is 1.10 bits per heavy atom. The summed E-state index contributed by atoms with van der Waals surface area (Å²) in [6.45, 7) is 7.38. The number of carbonyl (C=O) groups excluding carboxylic acids is 2. The molecule has 3 aromatic rings. The highest BCUT2D eigenvalue weighted by Gasteiger charge is 2.43. The summed E-state index contributed by atoms with van der Waals surface area (Å²) in [4.78, 5) is 42.3. The quantitative estimate of drug-likeness (QED) is 0.382. The minimum atomic E-state index is -0.936. The maximum absolute atomic E-state index is 13.4. The molecule has 4 rings (SSSR count). The van der Waals surface area contributed by atoms with Crippen LogP contribution >= 0.6 is 11.6 Å². The molecule has 2 aromatic heterocycles. The third-order valence-electron chi connectivity index (χ3n) is 7.19. The van der Waals surface area contributed by atoms with Gasteiger partial charge in [0.1, 0.15) is 16.9 Å². The molecule has 3 heterocycles. The smallest absolute Gasteiger partial charge is 0.410 e. The molecule has 10 heteroatoms. The summed E-state index contributed by atoms with van der Waals surface area (Å²) in [6.07, 6.45) is 6.86. The Hall–Kier alpha value is -3.56. The first-order chi connectivity index (χ1) is 18.9. The van der Waals surface area contributed by atoms with E-state index in [0.717, 1.165) is 5.56 Å². The van der Waals surface area contributed by atoms with E-state index in [9.17, 15) is 14.7 Å². The van der Waals surface area contributed by atoms with Crippen molar-refractivity contribution in [2.24, 2.45) is 0 Å². The lowest BCUT2D eigenvalue weighted by molar-refractivity contribution is -0.00458. The molecule has 1 aliphatic rings. The number of halogens is 1. The number of rotatable bonds is 7. The van der Waals surface area contributed by atoms with Gasteiger partial charge in [-0.3, -0.25) is 19.7 Å². The lowest BCUT2D eigenvalue weighted by atomic mass is 10.0. The van der Waals surface area contributed by atoms with Gasteiger partial charge < -0.3 is 14.7 Å². The summed E-state index contributed by atoms with van der Waals surface area (Å²) in [5.41, 5.74) is 2.15. The second-order valence-corrected chi connectivity index (χ2v) is 11.6. The second-order valence-electron chi connectivity index (χ2n) is 11.2. The fraction of sp³-hybridized carbons (Fsp3) is 0.433. The van der Waals surface area contributed by atoms with Gasteiger partial charge in [0.2, 0.25) is 0 Å². The largest absolute Gasteiger partial charge is 0.444 e. The summed E-state index contributed by atoms with van der Waals surface area (Å²) in [7, 11) is 1.74. The molecule has 1 aliphatic heterocycles. The number of carbonyl (C=O) groups is 2. The SMILES string of the molecule is CC(c1cnccn1)N(C)C(=O)c1ccc(CC2CCC(C(O)c3ccc(Cl)nc3)N2C(=O)OC(C)(C)C)cc1. The van der Waals surface area contributed by atoms with E-state index in [0.29, 0.717) is 41.2 Å². The summed E-state index contributed by atoms with van der Waals surface area (Å²) in [5.74, 6) is -0.124. The molecular formula is C30H36ClN5O4. The number of benzene rings is 1. The van der Waals surface area contributed by atoms with Crippen molar-refractivity contribution >= 4 is 23.6 Å². The van der Waals surface area contributed by atoms with Crippen molar-refractivity contribution < 1.29 is 19.4 Å². The third-order valence-corrected chi connectivity index (χ3v) is 7.42. The Labute approximate surface area is 240 Å². The molecule has 0 aliphatic carbocycles. The molecule has 2 amide bonds. The van der Waals surface area contributed by atoms with Gasteiger partial charge in [-0.15, -0.1) is 0 Å². The molecule has 4 unspecified atom stereocenters. The van der Waals surface area contributed by atoms with Crippen molar-refractivity contribution in [1.82, 2.24) is 24.8 Å². The molecule has 40 heavy (non-hydrogen) atoms. The van der Waals surface area contributed by atoms with Gasteiger partial charge in [-0.1, -0.05) is 29.8 Å². The number of aliphatic hydroxyl groups excluding tert-OH is 1. The van der Waals surface area contributed by atoms with E-state index in [1.165, 1.54) is 6.20 Å². The molecule has 1 N–H and O–H groups in total. The first-order valence-electron chi connectivity index (χ1n) is 13.4. The normalized spacial score (nSPS) is 18.7. The van der Waals surface area contributed by atoms with Crippen molar-refractivity contribution in [2.45, 2.75) is 76.8 Å². The number of amides is 2. The van der Waals surface area contributed by atoms with Crippen LogP contribution in [-0.4, -0.2) is 66.6 Å². The fourth-order valence-electron chi connectivity index (χ4n) is 4.97. The molecule has 1 saturated heterocycles. The number of hydrogen-bond acceptors (Lipinski definition) is 7. The zero-order chi connectivity index (χ0) is 29.0. The molecule has 0 saturated carbocycles. The van der Waals surface area contributed by atoms with Crippen LogP contribution in [0.2, 0.25) is 5.15 Å². The van der Waals surface area contributed by atoms with E-state index in [2.05, 4.69) is 15.0 Å². The van der Waals surface area contributed by atoms with Gasteiger partial charge in [-0.2, -0.15) is 0 Å².